The maximum Gasteiger partial charge on any atom is 0.171 e. The number of Topliss-reactive ketones (excluding diaryl/α,β-unsaturated/α-hetero) is 1. The summed E-state index contributed by atoms with van der Waals surface area (Å²) in [5.41, 5.74) is 2.77. The maximum absolute atomic E-state index is 13.6. The molecule has 5 aromatic rings. The molecule has 0 saturated carbocycles. The molecule has 1 heteroatoms. The van der Waals surface area contributed by atoms with Gasteiger partial charge in [0.25, 0.3) is 0 Å². The highest BCUT2D eigenvalue weighted by Gasteiger charge is 2.39. The van der Waals surface area contributed by atoms with Crippen molar-refractivity contribution < 1.29 is 4.79 Å². The summed E-state index contributed by atoms with van der Waals surface area (Å²) in [6.07, 6.45) is 0. The number of carbonyl (C=O) groups excluding carboxylic acids is 1. The molecule has 0 aliphatic heterocycles. The van der Waals surface area contributed by atoms with Gasteiger partial charge in [-0.05, 0) is 54.3 Å². The lowest BCUT2D eigenvalue weighted by Gasteiger charge is -2.36. The van der Waals surface area contributed by atoms with E-state index >= 15 is 0 Å². The number of fused-ring (bicyclic) bond motifs is 2. The zero-order chi connectivity index (χ0) is 20.1. The summed E-state index contributed by atoms with van der Waals surface area (Å²) in [4.78, 5) is 13.6. The van der Waals surface area contributed by atoms with E-state index in [1.54, 1.807) is 0 Å². The Morgan fingerprint density at radius 2 is 1.24 bits per heavy atom. The van der Waals surface area contributed by atoms with Crippen molar-refractivity contribution in [3.63, 3.8) is 0 Å². The number of allylic oxidation sites excluding steroid dienone is 1. The average Bonchev–Trinajstić information content (AvgIpc) is 2.69. The van der Waals surface area contributed by atoms with Gasteiger partial charge in [0.15, 0.2) is 5.78 Å². The summed E-state index contributed by atoms with van der Waals surface area (Å²) < 4.78 is 0. The molecule has 6 rings (SSSR count). The first-order valence-corrected chi connectivity index (χ1v) is 10.2. The Morgan fingerprint density at radius 1 is 0.690 bits per heavy atom. The Bertz CT molecular complexity index is 1410. The van der Waals surface area contributed by atoms with Crippen LogP contribution in [0.5, 0.6) is 0 Å². The van der Waals surface area contributed by atoms with Gasteiger partial charge in [-0.25, -0.2) is 0 Å². The van der Waals surface area contributed by atoms with Crippen LogP contribution in [0.3, 0.4) is 0 Å². The van der Waals surface area contributed by atoms with Crippen molar-refractivity contribution in [2.75, 3.05) is 0 Å². The molecule has 1 unspecified atom stereocenters. The fraction of sp³-hybridized carbons (Fsp3) is 0.179. The maximum atomic E-state index is 13.6. The number of hydrogen-bond acceptors (Lipinski definition) is 1. The fourth-order valence-electron chi connectivity index (χ4n) is 5.59. The Balaban J connectivity index is 1.87. The van der Waals surface area contributed by atoms with Crippen LogP contribution in [-0.2, 0) is 0 Å². The Hall–Kier alpha value is -3.19. The van der Waals surface area contributed by atoms with Gasteiger partial charge < -0.3 is 0 Å². The van der Waals surface area contributed by atoms with Crippen LogP contribution in [0.15, 0.2) is 67.2 Å². The van der Waals surface area contributed by atoms with Gasteiger partial charge >= 0.3 is 0 Å². The molecule has 0 bridgehead atoms. The monoisotopic (exact) mass is 374 g/mol. The third-order valence-electron chi connectivity index (χ3n) is 6.73. The van der Waals surface area contributed by atoms with Crippen molar-refractivity contribution >= 4 is 54.4 Å². The first-order valence-electron chi connectivity index (χ1n) is 10.2. The lowest BCUT2D eigenvalue weighted by molar-refractivity contribution is 0.0879. The molecule has 140 valence electrons. The van der Waals surface area contributed by atoms with Gasteiger partial charge in [0.1, 0.15) is 0 Å². The van der Waals surface area contributed by atoms with Gasteiger partial charge in [0.05, 0.1) is 5.92 Å². The second kappa shape index (κ2) is 5.24. The van der Waals surface area contributed by atoms with Gasteiger partial charge in [-0.2, -0.15) is 0 Å². The Kier molecular flexibility index (Phi) is 3.02. The molecule has 0 radical (unpaired) electrons. The molecule has 1 nitrogen and oxygen atoms in total. The highest BCUT2D eigenvalue weighted by Crippen LogP contribution is 2.49. The van der Waals surface area contributed by atoms with Gasteiger partial charge in [0.2, 0.25) is 0 Å². The molecule has 5 aromatic carbocycles. The molecule has 0 fully saturated rings. The third-order valence-corrected chi connectivity index (χ3v) is 6.73. The third kappa shape index (κ3) is 1.98. The van der Waals surface area contributed by atoms with E-state index < -0.39 is 0 Å². The zero-order valence-corrected chi connectivity index (χ0v) is 17.0. The molecule has 1 atom stereocenters. The van der Waals surface area contributed by atoms with E-state index in [2.05, 4.69) is 81.9 Å². The number of rotatable bonds is 0. The number of ketones is 1. The lowest BCUT2D eigenvalue weighted by atomic mass is 9.66. The smallest absolute Gasteiger partial charge is 0.171 e. The van der Waals surface area contributed by atoms with Crippen LogP contribution in [0.25, 0.3) is 48.7 Å². The van der Waals surface area contributed by atoms with Crippen LogP contribution < -0.4 is 0 Å². The Labute approximate surface area is 170 Å². The van der Waals surface area contributed by atoms with E-state index in [9.17, 15) is 4.79 Å². The van der Waals surface area contributed by atoms with E-state index in [4.69, 9.17) is 0 Å². The van der Waals surface area contributed by atoms with Crippen LogP contribution in [0.1, 0.15) is 36.7 Å². The predicted octanol–water partition coefficient (Wildman–Crippen LogP) is 7.61. The topological polar surface area (TPSA) is 17.1 Å². The minimum atomic E-state index is -0.187. The SMILES string of the molecule is C=C1c2ccc3c4cccc5cccc(c6ccc(c2c36)C(=O)C1C(C)(C)C)c54. The molecule has 0 amide bonds. The van der Waals surface area contributed by atoms with Crippen LogP contribution in [-0.4, -0.2) is 5.78 Å². The minimum Gasteiger partial charge on any atom is -0.293 e. The zero-order valence-electron chi connectivity index (χ0n) is 17.0. The van der Waals surface area contributed by atoms with Crippen molar-refractivity contribution in [2.45, 2.75) is 20.8 Å². The standard InChI is InChI=1S/C28H22O/c1-15-17-11-12-20-18-9-5-7-16-8-6-10-19(23(16)18)21-13-14-22(24(17)25(20)21)27(29)26(15)28(2,3)4/h5-14,26H,1H2,2-4H3. The van der Waals surface area contributed by atoms with Crippen molar-refractivity contribution in [2.24, 2.45) is 11.3 Å². The van der Waals surface area contributed by atoms with Crippen molar-refractivity contribution in [1.82, 2.24) is 0 Å². The minimum absolute atomic E-state index is 0.162. The van der Waals surface area contributed by atoms with E-state index in [1.165, 1.54) is 37.7 Å². The quantitative estimate of drug-likeness (QED) is 0.201. The van der Waals surface area contributed by atoms with E-state index in [1.807, 2.05) is 6.07 Å². The van der Waals surface area contributed by atoms with Gasteiger partial charge in [-0.15, -0.1) is 0 Å². The molecule has 1 aliphatic carbocycles. The summed E-state index contributed by atoms with van der Waals surface area (Å²) in [5, 5.41) is 9.80. The Morgan fingerprint density at radius 3 is 1.83 bits per heavy atom. The molecule has 0 spiro atoms. The number of hydrogen-bond donors (Lipinski definition) is 0. The van der Waals surface area contributed by atoms with Gasteiger partial charge in [-0.1, -0.05) is 88.0 Å². The number of benzene rings is 5. The average molecular weight is 374 g/mol. The fourth-order valence-corrected chi connectivity index (χ4v) is 5.59. The van der Waals surface area contributed by atoms with Crippen molar-refractivity contribution in [3.8, 4) is 0 Å². The van der Waals surface area contributed by atoms with E-state index in [-0.39, 0.29) is 17.1 Å². The summed E-state index contributed by atoms with van der Waals surface area (Å²) in [6.45, 7) is 10.8. The van der Waals surface area contributed by atoms with E-state index in [0.717, 1.165) is 22.1 Å². The highest BCUT2D eigenvalue weighted by atomic mass is 16.1. The highest BCUT2D eigenvalue weighted by molar-refractivity contribution is 6.36. The first-order chi connectivity index (χ1) is 13.9. The van der Waals surface area contributed by atoms with Crippen LogP contribution in [0, 0.1) is 11.3 Å². The molecular weight excluding hydrogens is 352 g/mol. The van der Waals surface area contributed by atoms with E-state index in [0.29, 0.717) is 0 Å². The summed E-state index contributed by atoms with van der Waals surface area (Å²) in [6, 6.07) is 21.6. The molecule has 0 N–H and O–H groups in total. The summed E-state index contributed by atoms with van der Waals surface area (Å²) in [5.74, 6) is 0.0179. The second-order valence-electron chi connectivity index (χ2n) is 9.47. The van der Waals surface area contributed by atoms with Crippen LogP contribution in [0.2, 0.25) is 0 Å². The lowest BCUT2D eigenvalue weighted by Crippen LogP contribution is -2.32. The summed E-state index contributed by atoms with van der Waals surface area (Å²) in [7, 11) is 0. The number of carbonyl (C=O) groups is 1. The van der Waals surface area contributed by atoms with Crippen molar-refractivity contribution in [1.29, 1.82) is 0 Å². The summed E-state index contributed by atoms with van der Waals surface area (Å²) >= 11 is 0. The van der Waals surface area contributed by atoms with Crippen molar-refractivity contribution in [3.05, 3.63) is 78.4 Å². The largest absolute Gasteiger partial charge is 0.293 e. The molecule has 0 heterocycles. The predicted molar refractivity (Wildman–Crippen MR) is 124 cm³/mol. The van der Waals surface area contributed by atoms with Crippen LogP contribution >= 0.6 is 0 Å². The molecule has 1 aliphatic rings. The van der Waals surface area contributed by atoms with Gasteiger partial charge in [-0.3, -0.25) is 4.79 Å². The van der Waals surface area contributed by atoms with Gasteiger partial charge in [0, 0.05) is 10.9 Å². The normalized spacial score (nSPS) is 17.3. The first kappa shape index (κ1) is 16.7. The van der Waals surface area contributed by atoms with Crippen LogP contribution in [0.4, 0.5) is 0 Å². The molecule has 0 aromatic heterocycles. The molecule has 29 heavy (non-hydrogen) atoms. The molecular formula is C28H22O. The second-order valence-corrected chi connectivity index (χ2v) is 9.47. The molecule has 0 saturated heterocycles.